The Morgan fingerprint density at radius 3 is 2.50 bits per heavy atom. The normalized spacial score (nSPS) is 13.9. The molecule has 1 heterocycles. The van der Waals surface area contributed by atoms with Crippen molar-refractivity contribution in [2.45, 2.75) is 6.42 Å². The number of hydrogen-bond donors (Lipinski definition) is 2. The van der Waals surface area contributed by atoms with Gasteiger partial charge in [-0.1, -0.05) is 30.3 Å². The molecule has 22 heavy (non-hydrogen) atoms. The molecule has 0 bridgehead atoms. The Morgan fingerprint density at radius 2 is 1.77 bits per heavy atom. The summed E-state index contributed by atoms with van der Waals surface area (Å²) in [6.07, 6.45) is 0.00816. The Kier molecular flexibility index (Phi) is 3.57. The molecule has 0 aliphatic carbocycles. The van der Waals surface area contributed by atoms with Crippen molar-refractivity contribution >= 4 is 23.3 Å². The third kappa shape index (κ3) is 2.67. The number of rotatable bonds is 2. The summed E-state index contributed by atoms with van der Waals surface area (Å²) in [6.45, 7) is 0. The maximum atomic E-state index is 12.1. The molecule has 0 fully saturated rings. The summed E-state index contributed by atoms with van der Waals surface area (Å²) in [5, 5.41) is 17.6. The van der Waals surface area contributed by atoms with Gasteiger partial charge in [0.15, 0.2) is 0 Å². The largest absolute Gasteiger partial charge is 0.507 e. The number of nitrogens with zero attached hydrogens (tertiary/aromatic N) is 2. The SMILES string of the molecule is O=C(NC1=NN(c2ccccc2)C(=O)C1)c1ccccc1O. The van der Waals surface area contributed by atoms with Crippen LogP contribution in [0.15, 0.2) is 59.7 Å². The second kappa shape index (κ2) is 5.69. The quantitative estimate of drug-likeness (QED) is 0.887. The fourth-order valence-corrected chi connectivity index (χ4v) is 2.13. The first-order valence-corrected chi connectivity index (χ1v) is 6.70. The van der Waals surface area contributed by atoms with Crippen LogP contribution in [0, 0.1) is 0 Å². The van der Waals surface area contributed by atoms with Crippen LogP contribution in [-0.2, 0) is 4.79 Å². The minimum Gasteiger partial charge on any atom is -0.507 e. The molecule has 0 radical (unpaired) electrons. The van der Waals surface area contributed by atoms with Crippen LogP contribution in [0.5, 0.6) is 5.75 Å². The van der Waals surface area contributed by atoms with Gasteiger partial charge in [-0.25, -0.2) is 0 Å². The van der Waals surface area contributed by atoms with Gasteiger partial charge in [0.2, 0.25) is 0 Å². The molecule has 1 aliphatic rings. The molecule has 3 rings (SSSR count). The third-order valence-electron chi connectivity index (χ3n) is 3.18. The summed E-state index contributed by atoms with van der Waals surface area (Å²) in [6, 6.07) is 15.2. The molecule has 2 aromatic rings. The lowest BCUT2D eigenvalue weighted by Crippen LogP contribution is -2.29. The van der Waals surface area contributed by atoms with Gasteiger partial charge in [0.05, 0.1) is 17.7 Å². The number of hydrogen-bond acceptors (Lipinski definition) is 4. The highest BCUT2D eigenvalue weighted by Gasteiger charge is 2.26. The lowest BCUT2D eigenvalue weighted by atomic mass is 10.2. The molecule has 2 N–H and O–H groups in total. The standard InChI is InChI=1S/C16H13N3O3/c20-13-9-5-4-8-12(13)16(22)17-14-10-15(21)19(18-14)11-6-2-1-3-7-11/h1-9,20H,10H2,(H,17,18,22). The number of hydrazone groups is 1. The topological polar surface area (TPSA) is 82.0 Å². The molecule has 6 nitrogen and oxygen atoms in total. The molecule has 0 atom stereocenters. The number of aromatic hydroxyl groups is 1. The van der Waals surface area contributed by atoms with E-state index in [4.69, 9.17) is 0 Å². The summed E-state index contributed by atoms with van der Waals surface area (Å²) in [4.78, 5) is 24.1. The number of carbonyl (C=O) groups excluding carboxylic acids is 2. The van der Waals surface area contributed by atoms with Crippen molar-refractivity contribution < 1.29 is 14.7 Å². The molecule has 1 aliphatic heterocycles. The Bertz CT molecular complexity index is 756. The summed E-state index contributed by atoms with van der Waals surface area (Å²) < 4.78 is 0. The number of phenolic OH excluding ortho intramolecular Hbond substituents is 1. The lowest BCUT2D eigenvalue weighted by molar-refractivity contribution is -0.116. The monoisotopic (exact) mass is 295 g/mol. The zero-order valence-electron chi connectivity index (χ0n) is 11.6. The Balaban J connectivity index is 1.78. The van der Waals surface area contributed by atoms with Crippen molar-refractivity contribution in [3.63, 3.8) is 0 Å². The maximum Gasteiger partial charge on any atom is 0.260 e. The Hall–Kier alpha value is -3.15. The van der Waals surface area contributed by atoms with E-state index in [1.807, 2.05) is 6.07 Å². The first kappa shape index (κ1) is 13.8. The summed E-state index contributed by atoms with van der Waals surface area (Å²) >= 11 is 0. The van der Waals surface area contributed by atoms with Gasteiger partial charge in [-0.2, -0.15) is 10.1 Å². The fraction of sp³-hybridized carbons (Fsp3) is 0.0625. The van der Waals surface area contributed by atoms with Gasteiger partial charge in [0, 0.05) is 0 Å². The predicted octanol–water partition coefficient (Wildman–Crippen LogP) is 1.87. The minimum absolute atomic E-state index is 0.00816. The second-order valence-corrected chi connectivity index (χ2v) is 4.74. The number of phenols is 1. The number of anilines is 1. The van der Waals surface area contributed by atoms with Crippen LogP contribution in [0.2, 0.25) is 0 Å². The van der Waals surface area contributed by atoms with E-state index < -0.39 is 5.91 Å². The first-order valence-electron chi connectivity index (χ1n) is 6.70. The van der Waals surface area contributed by atoms with E-state index in [9.17, 15) is 14.7 Å². The first-order chi connectivity index (χ1) is 10.6. The fourth-order valence-electron chi connectivity index (χ4n) is 2.13. The summed E-state index contributed by atoms with van der Waals surface area (Å²) in [5.74, 6) is -0.592. The van der Waals surface area contributed by atoms with Gasteiger partial charge in [-0.05, 0) is 24.3 Å². The molecule has 0 unspecified atom stereocenters. The number of benzene rings is 2. The van der Waals surface area contributed by atoms with Crippen LogP contribution in [-0.4, -0.2) is 22.8 Å². The average Bonchev–Trinajstić information content (AvgIpc) is 2.89. The van der Waals surface area contributed by atoms with Crippen molar-refractivity contribution in [2.75, 3.05) is 5.01 Å². The zero-order valence-corrected chi connectivity index (χ0v) is 11.6. The molecule has 110 valence electrons. The van der Waals surface area contributed by atoms with Crippen LogP contribution in [0.25, 0.3) is 0 Å². The van der Waals surface area contributed by atoms with Gasteiger partial charge in [-0.3, -0.25) is 9.59 Å². The van der Waals surface area contributed by atoms with E-state index in [-0.39, 0.29) is 29.5 Å². The van der Waals surface area contributed by atoms with Crippen molar-refractivity contribution in [3.8, 4) is 5.75 Å². The summed E-state index contributed by atoms with van der Waals surface area (Å²) in [5.41, 5.74) is 0.773. The third-order valence-corrected chi connectivity index (χ3v) is 3.18. The molecular weight excluding hydrogens is 282 g/mol. The van der Waals surface area contributed by atoms with E-state index in [1.54, 1.807) is 36.4 Å². The van der Waals surface area contributed by atoms with Crippen molar-refractivity contribution in [1.29, 1.82) is 0 Å². The van der Waals surface area contributed by atoms with Crippen molar-refractivity contribution in [1.82, 2.24) is 5.32 Å². The highest BCUT2D eigenvalue weighted by atomic mass is 16.3. The van der Waals surface area contributed by atoms with Crippen molar-refractivity contribution in [2.24, 2.45) is 5.10 Å². The van der Waals surface area contributed by atoms with Crippen LogP contribution < -0.4 is 10.3 Å². The zero-order chi connectivity index (χ0) is 15.5. The molecule has 0 saturated carbocycles. The molecule has 6 heteroatoms. The van der Waals surface area contributed by atoms with E-state index in [0.717, 1.165) is 0 Å². The number of amides is 2. The number of nitrogens with one attached hydrogen (secondary N) is 1. The predicted molar refractivity (Wildman–Crippen MR) is 81.6 cm³/mol. The minimum atomic E-state index is -0.500. The van der Waals surface area contributed by atoms with Crippen LogP contribution in [0.4, 0.5) is 5.69 Å². The van der Waals surface area contributed by atoms with Gasteiger partial charge in [0.1, 0.15) is 11.6 Å². The van der Waals surface area contributed by atoms with E-state index in [0.29, 0.717) is 5.69 Å². The van der Waals surface area contributed by atoms with Crippen LogP contribution in [0.1, 0.15) is 16.8 Å². The lowest BCUT2D eigenvalue weighted by Gasteiger charge is -2.10. The number of carbonyl (C=O) groups is 2. The van der Waals surface area contributed by atoms with Crippen molar-refractivity contribution in [3.05, 3.63) is 60.2 Å². The average molecular weight is 295 g/mol. The smallest absolute Gasteiger partial charge is 0.260 e. The number of para-hydroxylation sites is 2. The molecule has 0 aromatic heterocycles. The molecular formula is C16H13N3O3. The van der Waals surface area contributed by atoms with Gasteiger partial charge >= 0.3 is 0 Å². The maximum absolute atomic E-state index is 12.1. The number of amidine groups is 1. The van der Waals surface area contributed by atoms with Gasteiger partial charge < -0.3 is 10.4 Å². The molecule has 0 saturated heterocycles. The molecule has 2 aromatic carbocycles. The van der Waals surface area contributed by atoms with Crippen LogP contribution in [0.3, 0.4) is 0 Å². The second-order valence-electron chi connectivity index (χ2n) is 4.74. The van der Waals surface area contributed by atoms with Gasteiger partial charge in [0.25, 0.3) is 11.8 Å². The van der Waals surface area contributed by atoms with Crippen LogP contribution >= 0.6 is 0 Å². The molecule has 0 spiro atoms. The summed E-state index contributed by atoms with van der Waals surface area (Å²) in [7, 11) is 0. The molecule has 2 amide bonds. The Morgan fingerprint density at radius 1 is 1.09 bits per heavy atom. The highest BCUT2D eigenvalue weighted by Crippen LogP contribution is 2.20. The highest BCUT2D eigenvalue weighted by molar-refractivity contribution is 6.18. The Labute approximate surface area is 126 Å². The van der Waals surface area contributed by atoms with E-state index in [2.05, 4.69) is 10.4 Å². The van der Waals surface area contributed by atoms with E-state index >= 15 is 0 Å². The van der Waals surface area contributed by atoms with Gasteiger partial charge in [-0.15, -0.1) is 0 Å². The van der Waals surface area contributed by atoms with E-state index in [1.165, 1.54) is 17.1 Å².